The van der Waals surface area contributed by atoms with Gasteiger partial charge in [-0.3, -0.25) is 4.79 Å². The summed E-state index contributed by atoms with van der Waals surface area (Å²) in [6, 6.07) is 0. The summed E-state index contributed by atoms with van der Waals surface area (Å²) >= 11 is 0. The van der Waals surface area contributed by atoms with Gasteiger partial charge >= 0.3 is 0 Å². The van der Waals surface area contributed by atoms with Crippen LogP contribution >= 0.6 is 0 Å². The van der Waals surface area contributed by atoms with Gasteiger partial charge < -0.3 is 15.3 Å². The molecule has 0 spiro atoms. The molecule has 10 atom stereocenters. The van der Waals surface area contributed by atoms with Crippen LogP contribution in [0.3, 0.4) is 0 Å². The molecule has 4 rings (SSSR count). The van der Waals surface area contributed by atoms with Crippen LogP contribution in [0.4, 0.5) is 0 Å². The molecule has 7 unspecified atom stereocenters. The Morgan fingerprint density at radius 3 is 2.42 bits per heavy atom. The lowest BCUT2D eigenvalue weighted by Crippen LogP contribution is -2.58. The van der Waals surface area contributed by atoms with Gasteiger partial charge in [0.25, 0.3) is 0 Å². The summed E-state index contributed by atoms with van der Waals surface area (Å²) in [5.74, 6) is 3.41. The van der Waals surface area contributed by atoms with Crippen LogP contribution in [0.25, 0.3) is 0 Å². The molecular formula is C27H46O4. The van der Waals surface area contributed by atoms with E-state index in [1.807, 2.05) is 0 Å². The molecule has 178 valence electrons. The first-order valence-electron chi connectivity index (χ1n) is 13.0. The van der Waals surface area contributed by atoms with E-state index in [9.17, 15) is 20.1 Å². The largest absolute Gasteiger partial charge is 0.393 e. The van der Waals surface area contributed by atoms with E-state index in [0.717, 1.165) is 25.7 Å². The van der Waals surface area contributed by atoms with Crippen molar-refractivity contribution in [3.8, 4) is 0 Å². The van der Waals surface area contributed by atoms with Crippen molar-refractivity contribution in [2.24, 2.45) is 46.3 Å². The first kappa shape index (κ1) is 23.7. The molecule has 0 amide bonds. The van der Waals surface area contributed by atoms with Gasteiger partial charge in [-0.15, -0.1) is 0 Å². The lowest BCUT2D eigenvalue weighted by molar-refractivity contribution is -0.169. The van der Waals surface area contributed by atoms with Crippen molar-refractivity contribution >= 4 is 5.78 Å². The average Bonchev–Trinajstić information content (AvgIpc) is 3.03. The van der Waals surface area contributed by atoms with Gasteiger partial charge in [0.15, 0.2) is 0 Å². The predicted molar refractivity (Wildman–Crippen MR) is 122 cm³/mol. The van der Waals surface area contributed by atoms with E-state index in [4.69, 9.17) is 0 Å². The number of hydrogen-bond donors (Lipinski definition) is 3. The highest BCUT2D eigenvalue weighted by Crippen LogP contribution is 2.68. The minimum Gasteiger partial charge on any atom is -0.393 e. The maximum absolute atomic E-state index is 12.1. The summed E-state index contributed by atoms with van der Waals surface area (Å²) in [6.45, 7) is 10.6. The molecule has 4 aliphatic rings. The number of ketones is 1. The molecule has 0 aliphatic heterocycles. The fraction of sp³-hybridized carbons (Fsp3) is 0.963. The second kappa shape index (κ2) is 8.09. The third-order valence-electron chi connectivity index (χ3n) is 11.0. The minimum atomic E-state index is -1.04. The molecule has 0 aromatic rings. The fourth-order valence-electron chi connectivity index (χ4n) is 8.96. The van der Waals surface area contributed by atoms with Crippen molar-refractivity contribution in [2.45, 2.75) is 117 Å². The number of carbonyl (C=O) groups excluding carboxylic acids is 1. The summed E-state index contributed by atoms with van der Waals surface area (Å²) in [7, 11) is 0. The van der Waals surface area contributed by atoms with Crippen LogP contribution in [-0.2, 0) is 4.79 Å². The van der Waals surface area contributed by atoms with Crippen molar-refractivity contribution in [3.05, 3.63) is 0 Å². The third-order valence-corrected chi connectivity index (χ3v) is 11.0. The van der Waals surface area contributed by atoms with Crippen molar-refractivity contribution in [1.29, 1.82) is 0 Å². The van der Waals surface area contributed by atoms with Gasteiger partial charge in [0.1, 0.15) is 5.78 Å². The van der Waals surface area contributed by atoms with Crippen molar-refractivity contribution in [1.82, 2.24) is 0 Å². The van der Waals surface area contributed by atoms with Crippen LogP contribution in [0.1, 0.15) is 98.8 Å². The van der Waals surface area contributed by atoms with Crippen molar-refractivity contribution < 1.29 is 20.1 Å². The fourth-order valence-corrected chi connectivity index (χ4v) is 8.96. The molecule has 4 saturated carbocycles. The lowest BCUT2D eigenvalue weighted by atomic mass is 9.44. The van der Waals surface area contributed by atoms with Gasteiger partial charge in [0, 0.05) is 12.8 Å². The van der Waals surface area contributed by atoms with Crippen molar-refractivity contribution in [3.63, 3.8) is 0 Å². The van der Waals surface area contributed by atoms with E-state index in [-0.39, 0.29) is 16.9 Å². The van der Waals surface area contributed by atoms with Gasteiger partial charge in [-0.25, -0.2) is 0 Å². The Kier molecular flexibility index (Phi) is 6.19. The molecule has 4 heteroatoms. The predicted octanol–water partition coefficient (Wildman–Crippen LogP) is 4.73. The van der Waals surface area contributed by atoms with Gasteiger partial charge in [-0.1, -0.05) is 20.8 Å². The second-order valence-corrected chi connectivity index (χ2v) is 13.0. The summed E-state index contributed by atoms with van der Waals surface area (Å²) in [6.07, 6.45) is 8.73. The molecule has 0 saturated heterocycles. The molecule has 31 heavy (non-hydrogen) atoms. The third kappa shape index (κ3) is 3.93. The van der Waals surface area contributed by atoms with Crippen LogP contribution in [0, 0.1) is 46.3 Å². The first-order chi connectivity index (χ1) is 14.4. The molecule has 4 aliphatic carbocycles. The zero-order valence-corrected chi connectivity index (χ0v) is 20.4. The van der Waals surface area contributed by atoms with Crippen LogP contribution < -0.4 is 0 Å². The second-order valence-electron chi connectivity index (χ2n) is 13.0. The number of aliphatic hydroxyl groups is 3. The van der Waals surface area contributed by atoms with E-state index in [1.54, 1.807) is 13.8 Å². The molecular weight excluding hydrogens is 388 g/mol. The minimum absolute atomic E-state index is 0.222. The number of Topliss-reactive ketones (excluding diaryl/α,β-unsaturated/α-hetero) is 1. The highest BCUT2D eigenvalue weighted by Gasteiger charge is 2.62. The average molecular weight is 435 g/mol. The van der Waals surface area contributed by atoms with Gasteiger partial charge in [-0.05, 0) is 112 Å². The normalized spacial score (nSPS) is 47.3. The molecule has 0 aromatic heterocycles. The zero-order valence-electron chi connectivity index (χ0n) is 20.4. The Morgan fingerprint density at radius 2 is 1.74 bits per heavy atom. The standard InChI is InChI=1S/C27H46O4/c1-16(6-9-23(30)25(2,3)31)19-7-8-20-24-21(11-13-27(19,20)5)26(4)12-10-18(28)14-17(26)15-22(24)29/h16-17,19-24,29-31H,6-15H2,1-5H3/t16?,17?,19?,20-,21-,22?,23?,24?,26-,27?/m0/s1. The maximum atomic E-state index is 12.1. The van der Waals surface area contributed by atoms with E-state index < -0.39 is 11.7 Å². The van der Waals surface area contributed by atoms with E-state index >= 15 is 0 Å². The smallest absolute Gasteiger partial charge is 0.133 e. The number of carbonyl (C=O) groups is 1. The van der Waals surface area contributed by atoms with Gasteiger partial charge in [0.05, 0.1) is 17.8 Å². The van der Waals surface area contributed by atoms with Crippen LogP contribution in [0.2, 0.25) is 0 Å². The Hall–Kier alpha value is -0.450. The van der Waals surface area contributed by atoms with Crippen LogP contribution in [-0.4, -0.2) is 38.9 Å². The lowest BCUT2D eigenvalue weighted by Gasteiger charge is -2.62. The molecule has 0 heterocycles. The summed E-state index contributed by atoms with van der Waals surface area (Å²) in [4.78, 5) is 12.1. The molecule has 3 N–H and O–H groups in total. The Morgan fingerprint density at radius 1 is 1.06 bits per heavy atom. The van der Waals surface area contributed by atoms with Crippen LogP contribution in [0.5, 0.6) is 0 Å². The first-order valence-corrected chi connectivity index (χ1v) is 13.0. The Balaban J connectivity index is 1.50. The van der Waals surface area contributed by atoms with Crippen molar-refractivity contribution in [2.75, 3.05) is 0 Å². The van der Waals surface area contributed by atoms with Gasteiger partial charge in [-0.2, -0.15) is 0 Å². The number of hydrogen-bond acceptors (Lipinski definition) is 4. The monoisotopic (exact) mass is 434 g/mol. The summed E-state index contributed by atoms with van der Waals surface area (Å²) in [5, 5.41) is 31.7. The van der Waals surface area contributed by atoms with Gasteiger partial charge in [0.2, 0.25) is 0 Å². The molecule has 0 aromatic carbocycles. The number of aliphatic hydroxyl groups excluding tert-OH is 2. The number of fused-ring (bicyclic) bond motifs is 5. The van der Waals surface area contributed by atoms with E-state index in [2.05, 4.69) is 20.8 Å². The highest BCUT2D eigenvalue weighted by molar-refractivity contribution is 5.79. The highest BCUT2D eigenvalue weighted by atomic mass is 16.3. The number of rotatable bonds is 5. The summed E-state index contributed by atoms with van der Waals surface area (Å²) < 4.78 is 0. The summed E-state index contributed by atoms with van der Waals surface area (Å²) in [5.41, 5.74) is -0.561. The molecule has 4 fully saturated rings. The topological polar surface area (TPSA) is 77.8 Å². The molecule has 0 bridgehead atoms. The molecule has 0 radical (unpaired) electrons. The molecule has 4 nitrogen and oxygen atoms in total. The van der Waals surface area contributed by atoms with E-state index in [1.165, 1.54) is 25.7 Å². The quantitative estimate of drug-likeness (QED) is 0.584. The Bertz CT molecular complexity index is 683. The SMILES string of the molecule is CC(CCC(O)C(C)(C)O)C1CC[C@H]2C3C(O)CC4CC(=O)CC[C@]4(C)[C@H]3CCC12C. The van der Waals surface area contributed by atoms with E-state index in [0.29, 0.717) is 54.1 Å². The Labute approximate surface area is 189 Å². The zero-order chi connectivity index (χ0) is 22.8. The van der Waals surface area contributed by atoms with Crippen LogP contribution in [0.15, 0.2) is 0 Å². The maximum Gasteiger partial charge on any atom is 0.133 e.